The minimum Gasteiger partial charge on any atom is -0.496 e. The van der Waals surface area contributed by atoms with Gasteiger partial charge < -0.3 is 14.6 Å². The number of para-hydroxylation sites is 1. The molecule has 25 heavy (non-hydrogen) atoms. The van der Waals surface area contributed by atoms with Gasteiger partial charge in [0.25, 0.3) is 0 Å². The van der Waals surface area contributed by atoms with Crippen LogP contribution >= 0.6 is 11.3 Å². The van der Waals surface area contributed by atoms with E-state index in [1.54, 1.807) is 18.4 Å². The predicted molar refractivity (Wildman–Crippen MR) is 97.8 cm³/mol. The summed E-state index contributed by atoms with van der Waals surface area (Å²) in [4.78, 5) is 8.29. The van der Waals surface area contributed by atoms with Gasteiger partial charge in [-0.1, -0.05) is 12.1 Å². The van der Waals surface area contributed by atoms with Gasteiger partial charge in [-0.15, -0.1) is 11.3 Å². The summed E-state index contributed by atoms with van der Waals surface area (Å²) in [6.07, 6.45) is 2.93. The third-order valence-electron chi connectivity index (χ3n) is 5.53. The zero-order valence-electron chi connectivity index (χ0n) is 14.5. The Morgan fingerprint density at radius 3 is 3.12 bits per heavy atom. The van der Waals surface area contributed by atoms with Gasteiger partial charge in [-0.2, -0.15) is 0 Å². The van der Waals surface area contributed by atoms with Crippen LogP contribution in [0.15, 0.2) is 30.5 Å². The van der Waals surface area contributed by atoms with Crippen LogP contribution in [-0.2, 0) is 11.3 Å². The van der Waals surface area contributed by atoms with E-state index in [-0.39, 0.29) is 12.0 Å². The predicted octanol–water partition coefficient (Wildman–Crippen LogP) is 2.65. The number of hydrogen-bond acceptors (Lipinski definition) is 6. The number of aliphatic hydroxyl groups excluding tert-OH is 1. The number of hydrogen-bond donors (Lipinski definition) is 1. The molecule has 6 heteroatoms. The van der Waals surface area contributed by atoms with Crippen LogP contribution in [0.4, 0.5) is 0 Å². The van der Waals surface area contributed by atoms with E-state index >= 15 is 0 Å². The minimum absolute atomic E-state index is 0.0222. The molecule has 2 fully saturated rings. The van der Waals surface area contributed by atoms with Crippen molar-refractivity contribution in [3.8, 4) is 16.3 Å². The first-order valence-corrected chi connectivity index (χ1v) is 9.55. The van der Waals surface area contributed by atoms with Crippen LogP contribution in [0.25, 0.3) is 10.6 Å². The molecule has 0 spiro atoms. The molecule has 4 rings (SSSR count). The number of methoxy groups -OCH3 is 1. The van der Waals surface area contributed by atoms with Gasteiger partial charge in [-0.25, -0.2) is 4.98 Å². The van der Waals surface area contributed by atoms with Gasteiger partial charge in [-0.3, -0.25) is 4.90 Å². The number of likely N-dealkylation sites (tertiary alicyclic amines) is 1. The fourth-order valence-corrected chi connectivity index (χ4v) is 5.07. The summed E-state index contributed by atoms with van der Waals surface area (Å²) in [5, 5.41) is 10.9. The molecule has 1 N–H and O–H groups in total. The SMILES string of the molecule is COc1ccccc1-c1ncc(CN2C[C@@H]3COCC[C@]3(CO)C2)s1. The third-order valence-corrected chi connectivity index (χ3v) is 6.55. The minimum atomic E-state index is 0.0222. The van der Waals surface area contributed by atoms with Gasteiger partial charge in [0.15, 0.2) is 0 Å². The first-order valence-electron chi connectivity index (χ1n) is 8.73. The second-order valence-electron chi connectivity index (χ2n) is 7.04. The second kappa shape index (κ2) is 7.03. The van der Waals surface area contributed by atoms with Crippen LogP contribution in [0.2, 0.25) is 0 Å². The number of fused-ring (bicyclic) bond motifs is 1. The Kier molecular flexibility index (Phi) is 4.78. The van der Waals surface area contributed by atoms with E-state index in [9.17, 15) is 5.11 Å². The number of rotatable bonds is 5. The molecule has 0 aliphatic carbocycles. The molecule has 2 aromatic rings. The molecule has 3 heterocycles. The summed E-state index contributed by atoms with van der Waals surface area (Å²) < 4.78 is 11.1. The Morgan fingerprint density at radius 2 is 2.32 bits per heavy atom. The highest BCUT2D eigenvalue weighted by molar-refractivity contribution is 7.15. The molecule has 0 radical (unpaired) electrons. The number of aliphatic hydroxyl groups is 1. The van der Waals surface area contributed by atoms with Crippen molar-refractivity contribution in [2.75, 3.05) is 40.0 Å². The smallest absolute Gasteiger partial charge is 0.129 e. The Hall–Kier alpha value is -1.47. The van der Waals surface area contributed by atoms with Crippen molar-refractivity contribution in [1.29, 1.82) is 0 Å². The van der Waals surface area contributed by atoms with E-state index in [0.29, 0.717) is 5.92 Å². The molecule has 0 bridgehead atoms. The summed E-state index contributed by atoms with van der Waals surface area (Å²) in [7, 11) is 1.69. The molecule has 2 saturated heterocycles. The van der Waals surface area contributed by atoms with E-state index in [4.69, 9.17) is 9.47 Å². The van der Waals surface area contributed by atoms with Crippen LogP contribution in [0, 0.1) is 11.3 Å². The molecule has 2 aliphatic rings. The molecule has 2 atom stereocenters. The fraction of sp³-hybridized carbons (Fsp3) is 0.526. The maximum absolute atomic E-state index is 9.94. The highest BCUT2D eigenvalue weighted by Gasteiger charge is 2.47. The van der Waals surface area contributed by atoms with Gasteiger partial charge in [0.2, 0.25) is 0 Å². The molecule has 0 unspecified atom stereocenters. The summed E-state index contributed by atoms with van der Waals surface area (Å²) in [5.74, 6) is 1.29. The van der Waals surface area contributed by atoms with Crippen molar-refractivity contribution in [3.63, 3.8) is 0 Å². The normalized spacial score (nSPS) is 26.6. The second-order valence-corrected chi connectivity index (χ2v) is 8.16. The summed E-state index contributed by atoms with van der Waals surface area (Å²) >= 11 is 1.72. The molecule has 0 saturated carbocycles. The summed E-state index contributed by atoms with van der Waals surface area (Å²) in [5.41, 5.74) is 1.06. The lowest BCUT2D eigenvalue weighted by Gasteiger charge is -2.36. The lowest BCUT2D eigenvalue weighted by Crippen LogP contribution is -2.41. The number of ether oxygens (including phenoxy) is 2. The maximum atomic E-state index is 9.94. The fourth-order valence-electron chi connectivity index (χ4n) is 4.08. The molecule has 2 aliphatic heterocycles. The van der Waals surface area contributed by atoms with Crippen molar-refractivity contribution in [3.05, 3.63) is 35.3 Å². The van der Waals surface area contributed by atoms with Crippen molar-refractivity contribution in [2.45, 2.75) is 13.0 Å². The topological polar surface area (TPSA) is 54.8 Å². The van der Waals surface area contributed by atoms with Gasteiger partial charge in [0.05, 0.1) is 25.9 Å². The van der Waals surface area contributed by atoms with Crippen LogP contribution in [0.1, 0.15) is 11.3 Å². The van der Waals surface area contributed by atoms with Crippen LogP contribution in [-0.4, -0.2) is 55.0 Å². The van der Waals surface area contributed by atoms with Gasteiger partial charge >= 0.3 is 0 Å². The first-order chi connectivity index (χ1) is 12.2. The standard InChI is InChI=1S/C19H24N2O3S/c1-23-17-5-3-2-4-16(17)18-20-8-15(25-18)10-21-9-14-11-24-7-6-19(14,12-21)13-22/h2-5,8,14,22H,6-7,9-13H2,1H3/t14-,19-/m1/s1. The first kappa shape index (κ1) is 17.0. The van der Waals surface area contributed by atoms with E-state index < -0.39 is 0 Å². The average Bonchev–Trinajstić information content (AvgIpc) is 3.26. The molecule has 5 nitrogen and oxygen atoms in total. The van der Waals surface area contributed by atoms with Gasteiger partial charge in [0.1, 0.15) is 10.8 Å². The Bertz CT molecular complexity index is 735. The van der Waals surface area contributed by atoms with Crippen LogP contribution < -0.4 is 4.74 Å². The zero-order chi connectivity index (χ0) is 17.3. The number of nitrogens with zero attached hydrogens (tertiary/aromatic N) is 2. The van der Waals surface area contributed by atoms with Crippen molar-refractivity contribution in [1.82, 2.24) is 9.88 Å². The Labute approximate surface area is 152 Å². The Morgan fingerprint density at radius 1 is 1.44 bits per heavy atom. The molecule has 1 aromatic heterocycles. The van der Waals surface area contributed by atoms with Gasteiger partial charge in [-0.05, 0) is 18.6 Å². The van der Waals surface area contributed by atoms with Crippen LogP contribution in [0.3, 0.4) is 0 Å². The third kappa shape index (κ3) is 3.19. The van der Waals surface area contributed by atoms with E-state index in [1.165, 1.54) is 4.88 Å². The van der Waals surface area contributed by atoms with Crippen molar-refractivity contribution < 1.29 is 14.6 Å². The average molecular weight is 360 g/mol. The number of benzene rings is 1. The number of thiazole rings is 1. The Balaban J connectivity index is 1.49. The highest BCUT2D eigenvalue weighted by Crippen LogP contribution is 2.42. The zero-order valence-corrected chi connectivity index (χ0v) is 15.3. The van der Waals surface area contributed by atoms with E-state index in [1.807, 2.05) is 30.5 Å². The molecule has 0 amide bonds. The molecule has 134 valence electrons. The number of aromatic nitrogens is 1. The molecular formula is C19H24N2O3S. The highest BCUT2D eigenvalue weighted by atomic mass is 32.1. The van der Waals surface area contributed by atoms with Crippen molar-refractivity contribution in [2.24, 2.45) is 11.3 Å². The lowest BCUT2D eigenvalue weighted by molar-refractivity contribution is -0.0417. The molecule has 1 aromatic carbocycles. The largest absolute Gasteiger partial charge is 0.496 e. The summed E-state index contributed by atoms with van der Waals surface area (Å²) in [6.45, 7) is 4.61. The van der Waals surface area contributed by atoms with E-state index in [2.05, 4.69) is 9.88 Å². The van der Waals surface area contributed by atoms with Crippen molar-refractivity contribution >= 4 is 11.3 Å². The lowest BCUT2D eigenvalue weighted by atomic mass is 9.75. The van der Waals surface area contributed by atoms with Crippen LogP contribution in [0.5, 0.6) is 5.75 Å². The molecular weight excluding hydrogens is 336 g/mol. The summed E-state index contributed by atoms with van der Waals surface area (Å²) in [6, 6.07) is 7.99. The van der Waals surface area contributed by atoms with Gasteiger partial charge in [0, 0.05) is 48.6 Å². The maximum Gasteiger partial charge on any atom is 0.129 e. The quantitative estimate of drug-likeness (QED) is 0.888. The van der Waals surface area contributed by atoms with E-state index in [0.717, 1.165) is 55.6 Å². The monoisotopic (exact) mass is 360 g/mol.